The number of nitrogens with two attached hydrogens (primary N) is 1. The first-order valence-corrected chi connectivity index (χ1v) is 7.53. The Morgan fingerprint density at radius 2 is 1.80 bits per heavy atom. The molecule has 7 heteroatoms. The van der Waals surface area contributed by atoms with Crippen LogP contribution in [-0.4, -0.2) is 13.6 Å². The van der Waals surface area contributed by atoms with Crippen molar-refractivity contribution in [1.82, 2.24) is 5.16 Å². The molecule has 2 rings (SSSR count). The number of hydrogen-bond donors (Lipinski definition) is 2. The van der Waals surface area contributed by atoms with Gasteiger partial charge in [0.25, 0.3) is 10.0 Å². The van der Waals surface area contributed by atoms with Gasteiger partial charge in [0.05, 0.1) is 10.6 Å². The van der Waals surface area contributed by atoms with E-state index >= 15 is 0 Å². The first-order chi connectivity index (χ1) is 9.22. The number of nitrogens with zero attached hydrogens (tertiary/aromatic N) is 1. The summed E-state index contributed by atoms with van der Waals surface area (Å²) in [6.07, 6.45) is 0. The minimum atomic E-state index is -3.77. The quantitative estimate of drug-likeness (QED) is 0.846. The topological polar surface area (TPSA) is 98.2 Å². The number of aromatic nitrogens is 1. The van der Waals surface area contributed by atoms with E-state index in [0.29, 0.717) is 22.5 Å². The van der Waals surface area contributed by atoms with Gasteiger partial charge in [-0.3, -0.25) is 0 Å². The summed E-state index contributed by atoms with van der Waals surface area (Å²) in [6.45, 7) is 6.97. The second-order valence-corrected chi connectivity index (χ2v) is 6.42. The SMILES string of the molecule is Cc1cc(NS(=O)(=O)c2c(C)c(C)cc(N)c2C)on1. The van der Waals surface area contributed by atoms with Crippen molar-refractivity contribution in [2.75, 3.05) is 10.5 Å². The fraction of sp³-hybridized carbons (Fsp3) is 0.308. The van der Waals surface area contributed by atoms with Gasteiger partial charge >= 0.3 is 0 Å². The smallest absolute Gasteiger partial charge is 0.264 e. The second-order valence-electron chi connectivity index (χ2n) is 4.80. The number of hydrogen-bond acceptors (Lipinski definition) is 5. The van der Waals surface area contributed by atoms with Crippen LogP contribution in [0.25, 0.3) is 0 Å². The molecule has 2 aromatic rings. The Balaban J connectivity index is 2.55. The van der Waals surface area contributed by atoms with E-state index in [1.54, 1.807) is 26.8 Å². The molecule has 0 saturated heterocycles. The van der Waals surface area contributed by atoms with E-state index in [2.05, 4.69) is 9.88 Å². The van der Waals surface area contributed by atoms with Crippen molar-refractivity contribution in [3.63, 3.8) is 0 Å². The van der Waals surface area contributed by atoms with Crippen LogP contribution < -0.4 is 10.5 Å². The number of anilines is 2. The third kappa shape index (κ3) is 2.49. The Morgan fingerprint density at radius 3 is 2.35 bits per heavy atom. The van der Waals surface area contributed by atoms with Crippen LogP contribution in [0.4, 0.5) is 11.6 Å². The van der Waals surface area contributed by atoms with Crippen LogP contribution in [-0.2, 0) is 10.0 Å². The average molecular weight is 295 g/mol. The molecule has 1 heterocycles. The second kappa shape index (κ2) is 4.82. The first-order valence-electron chi connectivity index (χ1n) is 6.05. The van der Waals surface area contributed by atoms with Crippen LogP contribution in [0.2, 0.25) is 0 Å². The molecule has 0 saturated carbocycles. The molecule has 0 radical (unpaired) electrons. The van der Waals surface area contributed by atoms with E-state index in [1.807, 2.05) is 6.92 Å². The van der Waals surface area contributed by atoms with Gasteiger partial charge in [0.1, 0.15) is 0 Å². The van der Waals surface area contributed by atoms with Crippen LogP contribution in [0.3, 0.4) is 0 Å². The van der Waals surface area contributed by atoms with Gasteiger partial charge < -0.3 is 10.3 Å². The molecular weight excluding hydrogens is 278 g/mol. The molecule has 20 heavy (non-hydrogen) atoms. The molecule has 0 aliphatic rings. The number of rotatable bonds is 3. The summed E-state index contributed by atoms with van der Waals surface area (Å²) in [4.78, 5) is 0.184. The lowest BCUT2D eigenvalue weighted by atomic mass is 10.1. The summed E-state index contributed by atoms with van der Waals surface area (Å²) in [6, 6.07) is 3.28. The molecule has 0 aliphatic heterocycles. The normalized spacial score (nSPS) is 11.6. The number of nitrogens with one attached hydrogen (secondary N) is 1. The van der Waals surface area contributed by atoms with Crippen LogP contribution in [0.1, 0.15) is 22.4 Å². The molecule has 1 aromatic heterocycles. The highest BCUT2D eigenvalue weighted by Gasteiger charge is 2.23. The molecule has 0 amide bonds. The Hall–Kier alpha value is -2.02. The standard InChI is InChI=1S/C13H17N3O3S/c1-7-5-11(14)10(4)13(9(7)3)20(17,18)16-12-6-8(2)15-19-12/h5-6,16H,14H2,1-4H3. The molecule has 0 bridgehead atoms. The lowest BCUT2D eigenvalue weighted by Gasteiger charge is -2.15. The minimum absolute atomic E-state index is 0.0846. The summed E-state index contributed by atoms with van der Waals surface area (Å²) in [5, 5.41) is 3.65. The van der Waals surface area contributed by atoms with E-state index < -0.39 is 10.0 Å². The highest BCUT2D eigenvalue weighted by Crippen LogP contribution is 2.29. The van der Waals surface area contributed by atoms with E-state index in [-0.39, 0.29) is 10.8 Å². The molecule has 1 aromatic carbocycles. The number of aryl methyl sites for hydroxylation is 2. The third-order valence-corrected chi connectivity index (χ3v) is 4.83. The third-order valence-electron chi connectivity index (χ3n) is 3.21. The van der Waals surface area contributed by atoms with Crippen molar-refractivity contribution in [3.8, 4) is 0 Å². The Bertz CT molecular complexity index is 737. The van der Waals surface area contributed by atoms with Crippen LogP contribution in [0.5, 0.6) is 0 Å². The van der Waals surface area contributed by atoms with Crippen molar-refractivity contribution in [2.45, 2.75) is 32.6 Å². The van der Waals surface area contributed by atoms with Crippen LogP contribution in [0.15, 0.2) is 21.6 Å². The molecular formula is C13H17N3O3S. The molecule has 3 N–H and O–H groups in total. The molecule has 108 valence electrons. The maximum Gasteiger partial charge on any atom is 0.264 e. The van der Waals surface area contributed by atoms with Gasteiger partial charge in [-0.1, -0.05) is 5.16 Å². The highest BCUT2D eigenvalue weighted by molar-refractivity contribution is 7.92. The Kier molecular flexibility index (Phi) is 3.47. The predicted molar refractivity (Wildman–Crippen MR) is 77.1 cm³/mol. The molecule has 0 atom stereocenters. The van der Waals surface area contributed by atoms with Crippen molar-refractivity contribution in [1.29, 1.82) is 0 Å². The fourth-order valence-corrected chi connectivity index (χ4v) is 3.59. The summed E-state index contributed by atoms with van der Waals surface area (Å²) in [7, 11) is -3.77. The maximum absolute atomic E-state index is 12.5. The summed E-state index contributed by atoms with van der Waals surface area (Å²) in [5.41, 5.74) is 8.91. The van der Waals surface area contributed by atoms with Crippen LogP contribution in [0, 0.1) is 27.7 Å². The summed E-state index contributed by atoms with van der Waals surface area (Å²) >= 11 is 0. The van der Waals surface area contributed by atoms with Crippen molar-refractivity contribution in [3.05, 3.63) is 34.5 Å². The van der Waals surface area contributed by atoms with E-state index in [4.69, 9.17) is 10.3 Å². The van der Waals surface area contributed by atoms with Gasteiger partial charge in [0.15, 0.2) is 0 Å². The van der Waals surface area contributed by atoms with Gasteiger partial charge in [-0.2, -0.15) is 0 Å². The molecule has 0 fully saturated rings. The maximum atomic E-state index is 12.5. The molecule has 0 aliphatic carbocycles. The number of nitrogen functional groups attached to an aromatic ring is 1. The summed E-state index contributed by atoms with van der Waals surface area (Å²) < 4.78 is 32.3. The van der Waals surface area contributed by atoms with Crippen molar-refractivity contribution < 1.29 is 12.9 Å². The van der Waals surface area contributed by atoms with Gasteiger partial charge in [0, 0.05) is 11.8 Å². The molecule has 0 unspecified atom stereocenters. The highest BCUT2D eigenvalue weighted by atomic mass is 32.2. The number of benzene rings is 1. The lowest BCUT2D eigenvalue weighted by molar-refractivity contribution is 0.430. The van der Waals surface area contributed by atoms with Gasteiger partial charge in [-0.25, -0.2) is 13.1 Å². The molecule has 6 nitrogen and oxygen atoms in total. The lowest BCUT2D eigenvalue weighted by Crippen LogP contribution is -2.17. The monoisotopic (exact) mass is 295 g/mol. The predicted octanol–water partition coefficient (Wildman–Crippen LogP) is 2.29. The van der Waals surface area contributed by atoms with E-state index in [9.17, 15) is 8.42 Å². The minimum Gasteiger partial charge on any atom is -0.398 e. The number of sulfonamides is 1. The van der Waals surface area contributed by atoms with E-state index in [1.165, 1.54) is 6.07 Å². The zero-order valence-electron chi connectivity index (χ0n) is 11.8. The van der Waals surface area contributed by atoms with Crippen molar-refractivity contribution in [2.24, 2.45) is 0 Å². The zero-order chi connectivity index (χ0) is 15.1. The van der Waals surface area contributed by atoms with Crippen molar-refractivity contribution >= 4 is 21.6 Å². The van der Waals surface area contributed by atoms with E-state index in [0.717, 1.165) is 5.56 Å². The first kappa shape index (κ1) is 14.4. The zero-order valence-corrected chi connectivity index (χ0v) is 12.6. The fourth-order valence-electron chi connectivity index (χ4n) is 2.04. The van der Waals surface area contributed by atoms with Gasteiger partial charge in [0.2, 0.25) is 5.88 Å². The summed E-state index contributed by atoms with van der Waals surface area (Å²) in [5.74, 6) is 0.0846. The Labute approximate surface area is 118 Å². The van der Waals surface area contributed by atoms with Crippen LogP contribution >= 0.6 is 0 Å². The largest absolute Gasteiger partial charge is 0.398 e. The van der Waals surface area contributed by atoms with Gasteiger partial charge in [-0.15, -0.1) is 0 Å². The average Bonchev–Trinajstić information content (AvgIpc) is 2.71. The Morgan fingerprint density at radius 1 is 1.15 bits per heavy atom. The van der Waals surface area contributed by atoms with Gasteiger partial charge in [-0.05, 0) is 50.5 Å². The molecule has 0 spiro atoms.